The zero-order valence-electron chi connectivity index (χ0n) is 16.7. The van der Waals surface area contributed by atoms with Crippen LogP contribution in [0.4, 0.5) is 17.1 Å². The van der Waals surface area contributed by atoms with Gasteiger partial charge in [0.05, 0.1) is 0 Å². The number of ether oxygens (including phenoxy) is 2. The van der Waals surface area contributed by atoms with Gasteiger partial charge in [0.15, 0.2) is 0 Å². The number of hydrogen-bond donors (Lipinski definition) is 0. The van der Waals surface area contributed by atoms with E-state index < -0.39 is 18.4 Å². The first kappa shape index (κ1) is 19.6. The quantitative estimate of drug-likeness (QED) is 0.433. The number of anilines is 3. The molecular weight excluding hydrogens is 441 g/mol. The van der Waals surface area contributed by atoms with E-state index in [1.807, 2.05) is 24.3 Å². The second-order valence-corrected chi connectivity index (χ2v) is 22.0. The molecule has 3 rings (SSSR count). The molecule has 0 aliphatic carbocycles. The van der Waals surface area contributed by atoms with Crippen molar-refractivity contribution in [2.45, 2.75) is 14.8 Å². The van der Waals surface area contributed by atoms with Crippen molar-refractivity contribution in [1.29, 1.82) is 0 Å². The van der Waals surface area contributed by atoms with Gasteiger partial charge in [-0.1, -0.05) is 0 Å². The molecule has 0 aromatic heterocycles. The van der Waals surface area contributed by atoms with E-state index in [0.717, 1.165) is 28.6 Å². The summed E-state index contributed by atoms with van der Waals surface area (Å²) in [5, 5.41) is 0. The Morgan fingerprint density at radius 1 is 0.556 bits per heavy atom. The number of benzene rings is 3. The van der Waals surface area contributed by atoms with Crippen molar-refractivity contribution in [3.05, 3.63) is 72.8 Å². The molecule has 0 spiro atoms. The summed E-state index contributed by atoms with van der Waals surface area (Å²) in [7, 11) is 3.38. The van der Waals surface area contributed by atoms with E-state index in [2.05, 4.69) is 68.2 Å². The van der Waals surface area contributed by atoms with E-state index >= 15 is 0 Å². The van der Waals surface area contributed by atoms with E-state index in [4.69, 9.17) is 9.47 Å². The van der Waals surface area contributed by atoms with Crippen LogP contribution in [0.3, 0.4) is 0 Å². The van der Waals surface area contributed by atoms with Crippen molar-refractivity contribution in [3.8, 4) is 11.5 Å². The van der Waals surface area contributed by atoms with Crippen molar-refractivity contribution in [2.24, 2.45) is 0 Å². The first-order valence-electron chi connectivity index (χ1n) is 9.11. The molecule has 3 aromatic carbocycles. The Morgan fingerprint density at radius 3 is 1.19 bits per heavy atom. The molecule has 0 fully saturated rings. The van der Waals surface area contributed by atoms with Gasteiger partial charge in [-0.15, -0.1) is 0 Å². The van der Waals surface area contributed by atoms with Gasteiger partial charge in [0, 0.05) is 0 Å². The van der Waals surface area contributed by atoms with Crippen LogP contribution in [-0.4, -0.2) is 32.6 Å². The molecule has 0 bridgehead atoms. The van der Waals surface area contributed by atoms with Gasteiger partial charge in [0.2, 0.25) is 0 Å². The van der Waals surface area contributed by atoms with Crippen LogP contribution in [0.2, 0.25) is 14.8 Å². The van der Waals surface area contributed by atoms with Crippen molar-refractivity contribution >= 4 is 39.0 Å². The van der Waals surface area contributed by atoms with Crippen LogP contribution < -0.4 is 18.0 Å². The SMILES string of the molecule is COc1ccc(N(c2ccc(OC)cc2)c2cc[c]([Sn]([CH3])([CH3])[CH3])cc2)cc1. The van der Waals surface area contributed by atoms with E-state index in [-0.39, 0.29) is 0 Å². The topological polar surface area (TPSA) is 21.7 Å². The minimum absolute atomic E-state index is 0.852. The molecule has 0 unspecified atom stereocenters. The Kier molecular flexibility index (Phi) is 6.00. The van der Waals surface area contributed by atoms with Gasteiger partial charge in [-0.3, -0.25) is 0 Å². The van der Waals surface area contributed by atoms with Crippen molar-refractivity contribution in [2.75, 3.05) is 19.1 Å². The zero-order chi connectivity index (χ0) is 19.4. The molecule has 3 aromatic rings. The minimum atomic E-state index is -2.07. The van der Waals surface area contributed by atoms with Gasteiger partial charge >= 0.3 is 167 Å². The van der Waals surface area contributed by atoms with Crippen molar-refractivity contribution in [1.82, 2.24) is 0 Å². The van der Waals surface area contributed by atoms with E-state index in [0.29, 0.717) is 0 Å². The molecule has 0 aliphatic rings. The summed E-state index contributed by atoms with van der Waals surface area (Å²) < 4.78 is 12.2. The van der Waals surface area contributed by atoms with Crippen LogP contribution in [0.25, 0.3) is 0 Å². The predicted octanol–water partition coefficient (Wildman–Crippen LogP) is 5.72. The van der Waals surface area contributed by atoms with Gasteiger partial charge in [-0.25, -0.2) is 0 Å². The first-order chi connectivity index (χ1) is 12.9. The third-order valence-corrected chi connectivity index (χ3v) is 10.5. The molecule has 0 radical (unpaired) electrons. The number of hydrogen-bond acceptors (Lipinski definition) is 3. The van der Waals surface area contributed by atoms with Crippen LogP contribution >= 0.6 is 0 Å². The maximum atomic E-state index is 5.32. The Bertz CT molecular complexity index is 819. The second kappa shape index (κ2) is 8.26. The number of rotatable bonds is 6. The van der Waals surface area contributed by atoms with Crippen molar-refractivity contribution in [3.63, 3.8) is 0 Å². The molecule has 0 aliphatic heterocycles. The van der Waals surface area contributed by atoms with E-state index in [1.54, 1.807) is 14.2 Å². The molecule has 0 saturated carbocycles. The van der Waals surface area contributed by atoms with Gasteiger partial charge < -0.3 is 0 Å². The molecule has 0 heterocycles. The molecule has 0 saturated heterocycles. The molecule has 0 atom stereocenters. The summed E-state index contributed by atoms with van der Waals surface area (Å²) in [5.41, 5.74) is 3.32. The summed E-state index contributed by atoms with van der Waals surface area (Å²) in [5.74, 6) is 1.70. The fraction of sp³-hybridized carbons (Fsp3) is 0.217. The molecule has 27 heavy (non-hydrogen) atoms. The van der Waals surface area contributed by atoms with Gasteiger partial charge in [0.25, 0.3) is 0 Å². The Morgan fingerprint density at radius 2 is 0.889 bits per heavy atom. The third-order valence-electron chi connectivity index (χ3n) is 4.65. The van der Waals surface area contributed by atoms with Crippen LogP contribution in [0, 0.1) is 0 Å². The van der Waals surface area contributed by atoms with E-state index in [9.17, 15) is 0 Å². The summed E-state index contributed by atoms with van der Waals surface area (Å²) in [6.45, 7) is 0. The Labute approximate surface area is 166 Å². The van der Waals surface area contributed by atoms with Crippen LogP contribution in [0.15, 0.2) is 72.8 Å². The summed E-state index contributed by atoms with van der Waals surface area (Å²) in [6.07, 6.45) is 0. The van der Waals surface area contributed by atoms with Gasteiger partial charge in [-0.2, -0.15) is 0 Å². The second-order valence-electron chi connectivity index (χ2n) is 7.53. The Hall–Kier alpha value is -2.14. The Balaban J connectivity index is 2.05. The monoisotopic (exact) mass is 469 g/mol. The fourth-order valence-corrected chi connectivity index (χ4v) is 6.35. The first-order valence-corrected chi connectivity index (χ1v) is 19.1. The number of methoxy groups -OCH3 is 2. The molecule has 0 amide bonds. The van der Waals surface area contributed by atoms with E-state index in [1.165, 1.54) is 3.58 Å². The third kappa shape index (κ3) is 4.59. The van der Waals surface area contributed by atoms with Gasteiger partial charge in [0.1, 0.15) is 0 Å². The average Bonchev–Trinajstić information content (AvgIpc) is 2.69. The summed E-state index contributed by atoms with van der Waals surface area (Å²) >= 11 is -2.07. The average molecular weight is 468 g/mol. The number of nitrogens with zero attached hydrogens (tertiary/aromatic N) is 1. The summed E-state index contributed by atoms with van der Waals surface area (Å²) in [4.78, 5) is 9.57. The molecular formula is C23H27NO2Sn. The molecule has 0 N–H and O–H groups in total. The van der Waals surface area contributed by atoms with Crippen molar-refractivity contribution < 1.29 is 9.47 Å². The predicted molar refractivity (Wildman–Crippen MR) is 117 cm³/mol. The zero-order valence-corrected chi connectivity index (χ0v) is 19.5. The normalized spacial score (nSPS) is 11.1. The maximum absolute atomic E-state index is 5.32. The van der Waals surface area contributed by atoms with Crippen LogP contribution in [0.1, 0.15) is 0 Å². The molecule has 4 heteroatoms. The molecule has 3 nitrogen and oxygen atoms in total. The van der Waals surface area contributed by atoms with Gasteiger partial charge in [-0.05, 0) is 0 Å². The standard InChI is InChI=1S/C20H18NO2.3CH3.Sn/c1-22-19-12-8-17(9-13-19)21(16-6-4-3-5-7-16)18-10-14-20(23-2)15-11-18;;;;/h4-15H,1-2H3;3*1H3;. The molecule has 140 valence electrons. The van der Waals surface area contributed by atoms with Crippen LogP contribution in [-0.2, 0) is 0 Å². The summed E-state index contributed by atoms with van der Waals surface area (Å²) in [6, 6.07) is 25.4. The van der Waals surface area contributed by atoms with Crippen LogP contribution in [0.5, 0.6) is 11.5 Å². The fourth-order valence-electron chi connectivity index (χ4n) is 3.02.